The van der Waals surface area contributed by atoms with Crippen LogP contribution in [0.4, 0.5) is 0 Å². The Hall–Kier alpha value is -0.671. The van der Waals surface area contributed by atoms with Crippen LogP contribution in [0.3, 0.4) is 0 Å². The van der Waals surface area contributed by atoms with E-state index in [1.54, 1.807) is 0 Å². The molecular weight excluding hydrogens is 232 g/mol. The maximum absolute atomic E-state index is 8.52. The average Bonchev–Trinajstić information content (AvgIpc) is 2.12. The molecule has 0 aliphatic carbocycles. The Kier molecular flexibility index (Phi) is 6.85. The number of nitrogen functional groups attached to an aromatic ring is 1. The predicted molar refractivity (Wildman–Crippen MR) is 30.6 cm³/mol. The standard InChI is InChI=1S/C2H4N4.Fe.H2O4S/c3-6-1-4-5-2-6;;1-5(2,3)4/h1-2H,3H2;;(H2,1,2,3,4)/q;+2;/p-2. The Bertz CT molecular complexity index is 274. The number of rotatable bonds is 0. The quantitative estimate of drug-likeness (QED) is 0.230. The number of aromatic nitrogens is 3. The Morgan fingerprint density at radius 3 is 1.58 bits per heavy atom. The summed E-state index contributed by atoms with van der Waals surface area (Å²) in [6, 6.07) is 0. The molecule has 0 aliphatic heterocycles. The second-order valence-electron chi connectivity index (χ2n) is 1.32. The summed E-state index contributed by atoms with van der Waals surface area (Å²) in [5, 5.41) is 6.82. The van der Waals surface area contributed by atoms with Crippen LogP contribution >= 0.6 is 0 Å². The predicted octanol–water partition coefficient (Wildman–Crippen LogP) is -2.35. The zero-order valence-electron chi connectivity index (χ0n) is 5.47. The third-order valence-corrected chi connectivity index (χ3v) is 0.437. The molecule has 0 bridgehead atoms. The van der Waals surface area contributed by atoms with Gasteiger partial charge in [-0.05, 0) is 0 Å². The van der Waals surface area contributed by atoms with E-state index in [-0.39, 0.29) is 17.1 Å². The molecule has 12 heavy (non-hydrogen) atoms. The van der Waals surface area contributed by atoms with Crippen LogP contribution in [0, 0.1) is 0 Å². The smallest absolute Gasteiger partial charge is 0.759 e. The normalized spacial score (nSPS) is 9.17. The number of nitrogens with zero attached hydrogens (tertiary/aromatic N) is 3. The van der Waals surface area contributed by atoms with Crippen LogP contribution in [-0.2, 0) is 27.5 Å². The molecule has 0 radical (unpaired) electrons. The minimum atomic E-state index is -5.17. The third-order valence-electron chi connectivity index (χ3n) is 0.437. The molecule has 0 amide bonds. The van der Waals surface area contributed by atoms with Gasteiger partial charge in [0.25, 0.3) is 0 Å². The summed E-state index contributed by atoms with van der Waals surface area (Å²) >= 11 is 0. The first-order chi connectivity index (χ1) is 4.89. The summed E-state index contributed by atoms with van der Waals surface area (Å²) in [6.07, 6.45) is 2.83. The zero-order valence-corrected chi connectivity index (χ0v) is 7.39. The molecule has 2 N–H and O–H groups in total. The third kappa shape index (κ3) is 16.2. The van der Waals surface area contributed by atoms with Crippen molar-refractivity contribution in [3.8, 4) is 0 Å². The van der Waals surface area contributed by atoms with E-state index >= 15 is 0 Å². The molecule has 70 valence electrons. The molecule has 0 atom stereocenters. The molecule has 0 unspecified atom stereocenters. The second kappa shape index (κ2) is 5.91. The van der Waals surface area contributed by atoms with Crippen molar-refractivity contribution in [1.82, 2.24) is 14.9 Å². The topological polar surface area (TPSA) is 137 Å². The maximum atomic E-state index is 8.52. The summed E-state index contributed by atoms with van der Waals surface area (Å²) in [6.45, 7) is 0. The van der Waals surface area contributed by atoms with Crippen LogP contribution in [0.25, 0.3) is 0 Å². The SMILES string of the molecule is Nn1cnnc1.O=S(=O)([O-])[O-].[Fe+2]. The van der Waals surface area contributed by atoms with Gasteiger partial charge in [-0.15, -0.1) is 10.2 Å². The Balaban J connectivity index is 0. The summed E-state index contributed by atoms with van der Waals surface area (Å²) in [4.78, 5) is 0. The first kappa shape index (κ1) is 13.9. The molecule has 0 fully saturated rings. The van der Waals surface area contributed by atoms with Crippen molar-refractivity contribution < 1.29 is 34.6 Å². The molecule has 0 aromatic carbocycles. The monoisotopic (exact) mass is 236 g/mol. The molecule has 0 spiro atoms. The van der Waals surface area contributed by atoms with Crippen LogP contribution in [-0.4, -0.2) is 32.4 Å². The first-order valence-electron chi connectivity index (χ1n) is 2.16. The first-order valence-corrected chi connectivity index (χ1v) is 3.49. The molecule has 1 aromatic rings. The van der Waals surface area contributed by atoms with Gasteiger partial charge >= 0.3 is 17.1 Å². The Labute approximate surface area is 78.8 Å². The van der Waals surface area contributed by atoms with Crippen molar-refractivity contribution in [2.24, 2.45) is 0 Å². The van der Waals surface area contributed by atoms with Crippen LogP contribution in [0.15, 0.2) is 12.7 Å². The van der Waals surface area contributed by atoms with Gasteiger partial charge in [-0.3, -0.25) is 8.42 Å². The molecule has 0 saturated heterocycles. The maximum Gasteiger partial charge on any atom is 2.00 e. The van der Waals surface area contributed by atoms with Crippen molar-refractivity contribution >= 4 is 10.4 Å². The van der Waals surface area contributed by atoms with E-state index in [0.717, 1.165) is 0 Å². The van der Waals surface area contributed by atoms with Gasteiger partial charge in [0.15, 0.2) is 0 Å². The van der Waals surface area contributed by atoms with Gasteiger partial charge in [-0.2, -0.15) is 0 Å². The van der Waals surface area contributed by atoms with Crippen LogP contribution in [0.2, 0.25) is 0 Å². The minimum Gasteiger partial charge on any atom is -0.759 e. The van der Waals surface area contributed by atoms with E-state index in [0.29, 0.717) is 0 Å². The largest absolute Gasteiger partial charge is 2.00 e. The zero-order chi connectivity index (χ0) is 8.91. The van der Waals surface area contributed by atoms with Gasteiger partial charge in [0.2, 0.25) is 0 Å². The van der Waals surface area contributed by atoms with Crippen molar-refractivity contribution in [3.05, 3.63) is 12.7 Å². The summed E-state index contributed by atoms with van der Waals surface area (Å²) < 4.78 is 35.4. The van der Waals surface area contributed by atoms with Crippen molar-refractivity contribution in [3.63, 3.8) is 0 Å². The van der Waals surface area contributed by atoms with Crippen LogP contribution in [0.1, 0.15) is 0 Å². The van der Waals surface area contributed by atoms with Gasteiger partial charge in [-0.25, -0.2) is 4.68 Å². The van der Waals surface area contributed by atoms with Crippen molar-refractivity contribution in [1.29, 1.82) is 0 Å². The second-order valence-corrected chi connectivity index (χ2v) is 2.13. The minimum absolute atomic E-state index is 0. The Morgan fingerprint density at radius 1 is 1.25 bits per heavy atom. The van der Waals surface area contributed by atoms with Crippen LogP contribution < -0.4 is 5.84 Å². The fourth-order valence-electron chi connectivity index (χ4n) is 0.209. The molecule has 0 aliphatic rings. The van der Waals surface area contributed by atoms with E-state index in [9.17, 15) is 0 Å². The van der Waals surface area contributed by atoms with E-state index < -0.39 is 10.4 Å². The molecular formula is C2H4FeN4O4S. The van der Waals surface area contributed by atoms with E-state index in [2.05, 4.69) is 10.2 Å². The van der Waals surface area contributed by atoms with E-state index in [1.165, 1.54) is 17.3 Å². The summed E-state index contributed by atoms with van der Waals surface area (Å²) in [5.74, 6) is 5.07. The van der Waals surface area contributed by atoms with E-state index in [1.807, 2.05) is 0 Å². The molecule has 10 heteroatoms. The number of nitrogens with two attached hydrogens (primary N) is 1. The van der Waals surface area contributed by atoms with Crippen molar-refractivity contribution in [2.75, 3.05) is 5.84 Å². The van der Waals surface area contributed by atoms with E-state index in [4.69, 9.17) is 23.4 Å². The van der Waals surface area contributed by atoms with Gasteiger partial charge in [-0.1, -0.05) is 0 Å². The van der Waals surface area contributed by atoms with Crippen molar-refractivity contribution in [2.45, 2.75) is 0 Å². The number of hydrogen-bond donors (Lipinski definition) is 1. The summed E-state index contributed by atoms with van der Waals surface area (Å²) in [7, 11) is -5.17. The van der Waals surface area contributed by atoms with Gasteiger partial charge in [0, 0.05) is 10.4 Å². The van der Waals surface area contributed by atoms with Crippen LogP contribution in [0.5, 0.6) is 0 Å². The summed E-state index contributed by atoms with van der Waals surface area (Å²) in [5.41, 5.74) is 0. The molecule has 1 aromatic heterocycles. The fourth-order valence-corrected chi connectivity index (χ4v) is 0.209. The average molecular weight is 236 g/mol. The van der Waals surface area contributed by atoms with Gasteiger partial charge in [0.05, 0.1) is 0 Å². The molecule has 8 nitrogen and oxygen atoms in total. The Morgan fingerprint density at radius 2 is 1.50 bits per heavy atom. The molecule has 0 saturated carbocycles. The van der Waals surface area contributed by atoms with Gasteiger partial charge in [0.1, 0.15) is 12.7 Å². The number of hydrogen-bond acceptors (Lipinski definition) is 7. The molecule has 1 rings (SSSR count). The molecule has 1 heterocycles. The van der Waals surface area contributed by atoms with Gasteiger partial charge < -0.3 is 14.9 Å². The fraction of sp³-hybridized carbons (Fsp3) is 0.